The topological polar surface area (TPSA) is 69.7 Å². The first-order valence-corrected chi connectivity index (χ1v) is 19.6. The highest BCUT2D eigenvalue weighted by Crippen LogP contribution is 2.30. The first-order valence-electron chi connectivity index (χ1n) is 18.2. The molecular formula is C37H68N2O4S. The lowest BCUT2D eigenvalue weighted by atomic mass is 10.1. The third-order valence-corrected chi connectivity index (χ3v) is 9.63. The third kappa shape index (κ3) is 19.9. The summed E-state index contributed by atoms with van der Waals surface area (Å²) in [6.07, 6.45) is 34.0. The molecule has 44 heavy (non-hydrogen) atoms. The van der Waals surface area contributed by atoms with Crippen molar-refractivity contribution in [3.05, 3.63) is 48.3 Å². The predicted octanol–water partition coefficient (Wildman–Crippen LogP) is 10.5. The van der Waals surface area contributed by atoms with Crippen molar-refractivity contribution in [2.24, 2.45) is 0 Å². The van der Waals surface area contributed by atoms with Crippen molar-refractivity contribution in [2.45, 2.75) is 169 Å². The van der Waals surface area contributed by atoms with Crippen LogP contribution in [0, 0.1) is 0 Å². The molecule has 0 N–H and O–H groups in total. The number of quaternary nitrogens is 1. The van der Waals surface area contributed by atoms with E-state index in [1.807, 2.05) is 0 Å². The summed E-state index contributed by atoms with van der Waals surface area (Å²) in [5.74, 6) is 0. The maximum atomic E-state index is 9.45. The molecule has 1 aliphatic heterocycles. The predicted molar refractivity (Wildman–Crippen MR) is 186 cm³/mol. The molecule has 0 aromatic heterocycles. The number of hydrogen-bond acceptors (Lipinski definition) is 5. The van der Waals surface area contributed by atoms with Crippen LogP contribution in [0.1, 0.15) is 162 Å². The largest absolute Gasteiger partial charge is 0.726 e. The van der Waals surface area contributed by atoms with Gasteiger partial charge in [-0.15, -0.1) is 0 Å². The van der Waals surface area contributed by atoms with Crippen LogP contribution in [-0.2, 0) is 21.1 Å². The smallest absolute Gasteiger partial charge is 0.217 e. The normalized spacial score (nSPS) is 15.8. The van der Waals surface area contributed by atoms with Gasteiger partial charge in [0.1, 0.15) is 6.20 Å². The van der Waals surface area contributed by atoms with Crippen molar-refractivity contribution >= 4 is 10.4 Å². The van der Waals surface area contributed by atoms with E-state index in [1.165, 1.54) is 158 Å². The Morgan fingerprint density at radius 1 is 0.682 bits per heavy atom. The minimum Gasteiger partial charge on any atom is -0.726 e. The van der Waals surface area contributed by atoms with Gasteiger partial charge in [0.15, 0.2) is 6.17 Å². The maximum absolute atomic E-state index is 9.45. The van der Waals surface area contributed by atoms with Gasteiger partial charge in [0, 0.05) is 13.5 Å². The Balaban J connectivity index is 0.00000123. The van der Waals surface area contributed by atoms with E-state index in [0.717, 1.165) is 6.54 Å². The molecule has 0 amide bonds. The maximum Gasteiger partial charge on any atom is 0.217 e. The Morgan fingerprint density at radius 3 is 1.45 bits per heavy atom. The molecule has 0 bridgehead atoms. The molecule has 256 valence electrons. The lowest BCUT2D eigenvalue weighted by Gasteiger charge is -2.39. The molecular weight excluding hydrogens is 568 g/mol. The fourth-order valence-electron chi connectivity index (χ4n) is 6.31. The van der Waals surface area contributed by atoms with Crippen molar-refractivity contribution in [1.29, 1.82) is 0 Å². The summed E-state index contributed by atoms with van der Waals surface area (Å²) in [7, 11) is -4.42. The highest BCUT2D eigenvalue weighted by Gasteiger charge is 2.39. The molecule has 1 atom stereocenters. The van der Waals surface area contributed by atoms with Crippen LogP contribution < -0.4 is 0 Å². The van der Waals surface area contributed by atoms with E-state index in [0.29, 0.717) is 6.17 Å². The Morgan fingerprint density at radius 2 is 1.09 bits per heavy atom. The van der Waals surface area contributed by atoms with Gasteiger partial charge in [-0.2, -0.15) is 0 Å². The molecule has 0 radical (unpaired) electrons. The molecule has 1 aliphatic rings. The molecule has 0 spiro atoms. The van der Waals surface area contributed by atoms with E-state index in [-0.39, 0.29) is 6.61 Å². The number of rotatable bonds is 26. The molecule has 1 aromatic carbocycles. The fourth-order valence-corrected chi connectivity index (χ4v) is 6.60. The second-order valence-corrected chi connectivity index (χ2v) is 13.9. The zero-order valence-electron chi connectivity index (χ0n) is 29.0. The van der Waals surface area contributed by atoms with E-state index >= 15 is 0 Å². The van der Waals surface area contributed by atoms with Gasteiger partial charge < -0.3 is 9.45 Å². The highest BCUT2D eigenvalue weighted by atomic mass is 32.3. The Labute approximate surface area is 273 Å². The summed E-state index contributed by atoms with van der Waals surface area (Å²) >= 11 is 0. The van der Waals surface area contributed by atoms with Gasteiger partial charge in [0.2, 0.25) is 10.4 Å². The molecule has 0 saturated carbocycles. The lowest BCUT2D eigenvalue weighted by molar-refractivity contribution is -0.906. The van der Waals surface area contributed by atoms with E-state index in [4.69, 9.17) is 0 Å². The van der Waals surface area contributed by atoms with Crippen molar-refractivity contribution in [3.8, 4) is 0 Å². The summed E-state index contributed by atoms with van der Waals surface area (Å²) < 4.78 is 33.2. The van der Waals surface area contributed by atoms with Gasteiger partial charge in [-0.25, -0.2) is 8.42 Å². The lowest BCUT2D eigenvalue weighted by Crippen LogP contribution is -2.53. The number of unbranched alkanes of at least 4 members (excludes halogenated alkanes) is 18. The van der Waals surface area contributed by atoms with Crippen molar-refractivity contribution in [2.75, 3.05) is 19.7 Å². The molecule has 1 aromatic rings. The van der Waals surface area contributed by atoms with E-state index in [1.54, 1.807) is 0 Å². The van der Waals surface area contributed by atoms with Crippen LogP contribution in [0.2, 0.25) is 0 Å². The van der Waals surface area contributed by atoms with Crippen LogP contribution in [0.5, 0.6) is 0 Å². The molecule has 1 heterocycles. The van der Waals surface area contributed by atoms with Crippen LogP contribution in [0.4, 0.5) is 0 Å². The summed E-state index contributed by atoms with van der Waals surface area (Å²) in [4.78, 5) is 2.60. The van der Waals surface area contributed by atoms with Gasteiger partial charge >= 0.3 is 0 Å². The van der Waals surface area contributed by atoms with Crippen LogP contribution in [0.25, 0.3) is 0 Å². The Hall–Kier alpha value is -1.41. The first-order chi connectivity index (χ1) is 21.3. The van der Waals surface area contributed by atoms with Gasteiger partial charge in [0.25, 0.3) is 0 Å². The number of hydrogen-bond donors (Lipinski definition) is 0. The molecule has 0 fully saturated rings. The Kier molecular flexibility index (Phi) is 23.8. The summed E-state index contributed by atoms with van der Waals surface area (Å²) in [6, 6.07) is 11.0. The zero-order chi connectivity index (χ0) is 32.4. The van der Waals surface area contributed by atoms with Crippen LogP contribution >= 0.6 is 0 Å². The van der Waals surface area contributed by atoms with E-state index in [2.05, 4.69) is 72.6 Å². The SMILES string of the molecule is CCCCCCCCCCCC[N+]1(CCCCCCCCCCCC)C=CN(Cc2ccccc2)C1C.CCOS(=O)(=O)[O-]. The number of benzene rings is 1. The standard InChI is InChI=1S/C35H63N2.C2H6O4S/c1-4-6-8-10-12-14-16-18-20-25-30-37(31-26-21-19-17-15-13-11-9-7-5-2)32-29-36(34(37)3)33-35-27-23-22-24-28-35;1-2-6-7(3,4)5/h22-24,27-29,32,34H,4-21,25-26,30-31,33H2,1-3H3;2H2,1H3,(H,3,4,5)/q+1;/p-1. The minimum absolute atomic E-state index is 0.0914. The molecule has 0 saturated heterocycles. The molecule has 1 unspecified atom stereocenters. The summed E-state index contributed by atoms with van der Waals surface area (Å²) in [5, 5.41) is 0. The molecule has 0 aliphatic carbocycles. The van der Waals surface area contributed by atoms with E-state index < -0.39 is 10.4 Å². The average Bonchev–Trinajstić information content (AvgIpc) is 3.29. The van der Waals surface area contributed by atoms with Gasteiger partial charge in [-0.1, -0.05) is 147 Å². The second-order valence-electron chi connectivity index (χ2n) is 12.8. The first kappa shape index (κ1) is 40.6. The van der Waals surface area contributed by atoms with Crippen molar-refractivity contribution < 1.29 is 21.6 Å². The minimum atomic E-state index is -4.42. The third-order valence-electron chi connectivity index (χ3n) is 9.11. The summed E-state index contributed by atoms with van der Waals surface area (Å²) in [6.45, 7) is 12.1. The quantitative estimate of drug-likeness (QED) is 0.0438. The van der Waals surface area contributed by atoms with Gasteiger partial charge in [-0.3, -0.25) is 8.67 Å². The molecule has 2 rings (SSSR count). The van der Waals surface area contributed by atoms with Crippen LogP contribution in [0.3, 0.4) is 0 Å². The second kappa shape index (κ2) is 25.7. The zero-order valence-corrected chi connectivity index (χ0v) is 29.8. The monoisotopic (exact) mass is 636 g/mol. The van der Waals surface area contributed by atoms with Gasteiger partial charge in [0.05, 0.1) is 25.9 Å². The average molecular weight is 637 g/mol. The summed E-state index contributed by atoms with van der Waals surface area (Å²) in [5.41, 5.74) is 1.43. The van der Waals surface area contributed by atoms with Crippen molar-refractivity contribution in [3.63, 3.8) is 0 Å². The van der Waals surface area contributed by atoms with Crippen molar-refractivity contribution in [1.82, 2.24) is 4.90 Å². The Bertz CT molecular complexity index is 899. The fraction of sp³-hybridized carbons (Fsp3) is 0.784. The molecule has 7 heteroatoms. The number of nitrogens with zero attached hydrogens (tertiary/aromatic N) is 2. The van der Waals surface area contributed by atoms with Gasteiger partial charge in [-0.05, 0) is 38.2 Å². The molecule has 6 nitrogen and oxygen atoms in total. The highest BCUT2D eigenvalue weighted by molar-refractivity contribution is 7.80. The van der Waals surface area contributed by atoms with E-state index in [9.17, 15) is 13.0 Å². The van der Waals surface area contributed by atoms with Crippen LogP contribution in [0.15, 0.2) is 42.7 Å². The van der Waals surface area contributed by atoms with Crippen LogP contribution in [-0.4, -0.2) is 48.2 Å².